The molecule has 4 rings (SSSR count). The van der Waals surface area contributed by atoms with Crippen molar-refractivity contribution in [2.75, 3.05) is 55.7 Å². The molecule has 2 fully saturated rings. The van der Waals surface area contributed by atoms with Gasteiger partial charge in [0.1, 0.15) is 6.54 Å². The molecule has 6 nitrogen and oxygen atoms in total. The van der Waals surface area contributed by atoms with E-state index < -0.39 is 0 Å². The van der Waals surface area contributed by atoms with E-state index in [1.54, 1.807) is 4.90 Å². The maximum absolute atomic E-state index is 13.0. The van der Waals surface area contributed by atoms with E-state index in [1.807, 2.05) is 19.1 Å². The maximum Gasteiger partial charge on any atom is 0.257 e. The third-order valence-electron chi connectivity index (χ3n) is 5.65. The van der Waals surface area contributed by atoms with Gasteiger partial charge in [0.15, 0.2) is 0 Å². The minimum atomic E-state index is -0.376. The standard InChI is InChI=1S/C22H22Cl3N3O3/c1-14-18(26-7-9-31-10-8-26)3-2-4-19(14)28-6-5-27(13-20(28)29)22(30)21-16(24)11-15(23)12-17(21)25/h2-4,11-12H,5-10,13H2,1H3. The fourth-order valence-corrected chi connectivity index (χ4v) is 5.04. The molecule has 0 bridgehead atoms. The van der Waals surface area contributed by atoms with Crippen molar-refractivity contribution in [2.45, 2.75) is 6.92 Å². The summed E-state index contributed by atoms with van der Waals surface area (Å²) in [5.74, 6) is -0.526. The Bertz CT molecular complexity index is 1000. The monoisotopic (exact) mass is 481 g/mol. The highest BCUT2D eigenvalue weighted by molar-refractivity contribution is 6.42. The summed E-state index contributed by atoms with van der Waals surface area (Å²) in [7, 11) is 0. The molecule has 0 aromatic heterocycles. The average molecular weight is 483 g/mol. The molecule has 2 aromatic carbocycles. The van der Waals surface area contributed by atoms with Gasteiger partial charge in [0, 0.05) is 42.6 Å². The molecule has 0 spiro atoms. The lowest BCUT2D eigenvalue weighted by molar-refractivity contribution is -0.120. The molecular weight excluding hydrogens is 461 g/mol. The van der Waals surface area contributed by atoms with Crippen LogP contribution in [0.2, 0.25) is 15.1 Å². The Morgan fingerprint density at radius 3 is 2.26 bits per heavy atom. The topological polar surface area (TPSA) is 53.1 Å². The van der Waals surface area contributed by atoms with Gasteiger partial charge in [0.05, 0.1) is 28.8 Å². The summed E-state index contributed by atoms with van der Waals surface area (Å²) in [5.41, 5.74) is 3.18. The number of hydrogen-bond acceptors (Lipinski definition) is 4. The first-order chi connectivity index (χ1) is 14.9. The highest BCUT2D eigenvalue weighted by Gasteiger charge is 2.31. The number of benzene rings is 2. The minimum Gasteiger partial charge on any atom is -0.378 e. The van der Waals surface area contributed by atoms with Gasteiger partial charge in [-0.2, -0.15) is 0 Å². The second-order valence-electron chi connectivity index (χ2n) is 7.54. The van der Waals surface area contributed by atoms with Gasteiger partial charge in [-0.05, 0) is 36.8 Å². The van der Waals surface area contributed by atoms with E-state index in [-0.39, 0.29) is 34.0 Å². The van der Waals surface area contributed by atoms with Crippen molar-refractivity contribution >= 4 is 58.0 Å². The number of amides is 2. The Hall–Kier alpha value is -1.99. The summed E-state index contributed by atoms with van der Waals surface area (Å²) in [6.45, 7) is 5.78. The smallest absolute Gasteiger partial charge is 0.257 e. The van der Waals surface area contributed by atoms with Gasteiger partial charge >= 0.3 is 0 Å². The van der Waals surface area contributed by atoms with Gasteiger partial charge in [-0.1, -0.05) is 40.9 Å². The Morgan fingerprint density at radius 1 is 0.968 bits per heavy atom. The van der Waals surface area contributed by atoms with Crippen LogP contribution < -0.4 is 9.80 Å². The lowest BCUT2D eigenvalue weighted by atomic mass is 10.1. The average Bonchev–Trinajstić information content (AvgIpc) is 2.74. The summed E-state index contributed by atoms with van der Waals surface area (Å²) in [6.07, 6.45) is 0. The number of halogens is 3. The molecule has 2 amide bonds. The zero-order valence-corrected chi connectivity index (χ0v) is 19.3. The van der Waals surface area contributed by atoms with Crippen LogP contribution in [-0.4, -0.2) is 62.7 Å². The van der Waals surface area contributed by atoms with Gasteiger partial charge in [-0.3, -0.25) is 9.59 Å². The number of ether oxygens (including phenoxy) is 1. The Labute approximate surface area is 196 Å². The number of carbonyl (C=O) groups excluding carboxylic acids is 2. The normalized spacial score (nSPS) is 17.3. The zero-order chi connectivity index (χ0) is 22.1. The molecule has 2 heterocycles. The fourth-order valence-electron chi connectivity index (χ4n) is 4.06. The molecule has 2 aliphatic rings. The first-order valence-corrected chi connectivity index (χ1v) is 11.2. The minimum absolute atomic E-state index is 0.0463. The van der Waals surface area contributed by atoms with Crippen LogP contribution in [-0.2, 0) is 9.53 Å². The van der Waals surface area contributed by atoms with Crippen molar-refractivity contribution in [2.24, 2.45) is 0 Å². The molecule has 2 aromatic rings. The molecule has 0 radical (unpaired) electrons. The number of nitrogens with zero attached hydrogens (tertiary/aromatic N) is 3. The van der Waals surface area contributed by atoms with Crippen LogP contribution >= 0.6 is 34.8 Å². The van der Waals surface area contributed by atoms with Crippen LogP contribution in [0.1, 0.15) is 15.9 Å². The van der Waals surface area contributed by atoms with Crippen molar-refractivity contribution in [1.82, 2.24) is 4.90 Å². The predicted octanol–water partition coefficient (Wildman–Crippen LogP) is 4.28. The predicted molar refractivity (Wildman–Crippen MR) is 124 cm³/mol. The zero-order valence-electron chi connectivity index (χ0n) is 17.0. The quantitative estimate of drug-likeness (QED) is 0.655. The van der Waals surface area contributed by atoms with Gasteiger partial charge in [0.25, 0.3) is 5.91 Å². The van der Waals surface area contributed by atoms with E-state index in [0.717, 1.165) is 30.0 Å². The van der Waals surface area contributed by atoms with Crippen LogP contribution in [0.15, 0.2) is 30.3 Å². The summed E-state index contributed by atoms with van der Waals surface area (Å²) in [4.78, 5) is 31.5. The third kappa shape index (κ3) is 4.48. The van der Waals surface area contributed by atoms with Crippen LogP contribution in [0.4, 0.5) is 11.4 Å². The summed E-state index contributed by atoms with van der Waals surface area (Å²) < 4.78 is 5.45. The highest BCUT2D eigenvalue weighted by atomic mass is 35.5. The van der Waals surface area contributed by atoms with Crippen LogP contribution in [0.25, 0.3) is 0 Å². The molecule has 0 atom stereocenters. The van der Waals surface area contributed by atoms with Crippen LogP contribution in [0.5, 0.6) is 0 Å². The molecule has 0 aliphatic carbocycles. The number of morpholine rings is 1. The summed E-state index contributed by atoms with van der Waals surface area (Å²) in [5, 5.41) is 0.695. The fraction of sp³-hybridized carbons (Fsp3) is 0.364. The number of piperazine rings is 1. The van der Waals surface area contributed by atoms with Crippen molar-refractivity contribution < 1.29 is 14.3 Å². The SMILES string of the molecule is Cc1c(N2CCOCC2)cccc1N1CCN(C(=O)c2c(Cl)cc(Cl)cc2Cl)CC1=O. The molecular formula is C22H22Cl3N3O3. The highest BCUT2D eigenvalue weighted by Crippen LogP contribution is 2.33. The molecule has 2 saturated heterocycles. The number of rotatable bonds is 3. The van der Waals surface area contributed by atoms with Gasteiger partial charge < -0.3 is 19.4 Å². The first kappa shape index (κ1) is 22.2. The van der Waals surface area contributed by atoms with Crippen molar-refractivity contribution in [1.29, 1.82) is 0 Å². The number of anilines is 2. The van der Waals surface area contributed by atoms with Gasteiger partial charge in [-0.15, -0.1) is 0 Å². The second kappa shape index (κ2) is 9.25. The molecule has 2 aliphatic heterocycles. The molecule has 31 heavy (non-hydrogen) atoms. The molecule has 0 unspecified atom stereocenters. The first-order valence-electron chi connectivity index (χ1n) is 10.0. The third-order valence-corrected chi connectivity index (χ3v) is 6.46. The van der Waals surface area contributed by atoms with E-state index in [1.165, 1.54) is 17.0 Å². The van der Waals surface area contributed by atoms with E-state index in [9.17, 15) is 9.59 Å². The van der Waals surface area contributed by atoms with Crippen LogP contribution in [0, 0.1) is 6.92 Å². The lowest BCUT2D eigenvalue weighted by Crippen LogP contribution is -2.52. The number of carbonyl (C=O) groups is 2. The molecule has 164 valence electrons. The van der Waals surface area contributed by atoms with Gasteiger partial charge in [0.2, 0.25) is 5.91 Å². The summed E-state index contributed by atoms with van der Waals surface area (Å²) in [6, 6.07) is 8.92. The molecule has 0 saturated carbocycles. The largest absolute Gasteiger partial charge is 0.378 e. The van der Waals surface area contributed by atoms with Crippen molar-refractivity contribution in [3.05, 3.63) is 56.5 Å². The molecule has 9 heteroatoms. The Morgan fingerprint density at radius 2 is 1.61 bits per heavy atom. The van der Waals surface area contributed by atoms with E-state index in [4.69, 9.17) is 39.5 Å². The number of hydrogen-bond donors (Lipinski definition) is 0. The van der Waals surface area contributed by atoms with Crippen molar-refractivity contribution in [3.8, 4) is 0 Å². The second-order valence-corrected chi connectivity index (χ2v) is 8.79. The van der Waals surface area contributed by atoms with E-state index in [2.05, 4.69) is 11.0 Å². The molecule has 0 N–H and O–H groups in total. The lowest BCUT2D eigenvalue weighted by Gasteiger charge is -2.37. The summed E-state index contributed by atoms with van der Waals surface area (Å²) >= 11 is 18.3. The maximum atomic E-state index is 13.0. The Kier molecular flexibility index (Phi) is 6.63. The van der Waals surface area contributed by atoms with Crippen LogP contribution in [0.3, 0.4) is 0 Å². The Balaban J connectivity index is 1.53. The van der Waals surface area contributed by atoms with E-state index in [0.29, 0.717) is 31.3 Å². The van der Waals surface area contributed by atoms with Gasteiger partial charge in [-0.25, -0.2) is 0 Å². The van der Waals surface area contributed by atoms with Crippen molar-refractivity contribution in [3.63, 3.8) is 0 Å². The van der Waals surface area contributed by atoms with E-state index >= 15 is 0 Å².